The van der Waals surface area contributed by atoms with Crippen molar-refractivity contribution in [3.8, 4) is 0 Å². The van der Waals surface area contributed by atoms with E-state index in [1.165, 1.54) is 11.1 Å². The van der Waals surface area contributed by atoms with Gasteiger partial charge in [-0.2, -0.15) is 0 Å². The molecule has 2 aromatic rings. The normalized spacial score (nSPS) is 10.1. The van der Waals surface area contributed by atoms with Crippen molar-refractivity contribution in [2.24, 2.45) is 0 Å². The Balaban J connectivity index is 2.05. The Labute approximate surface area is 127 Å². The lowest BCUT2D eigenvalue weighted by Crippen LogP contribution is -2.19. The van der Waals surface area contributed by atoms with Crippen molar-refractivity contribution in [1.29, 1.82) is 0 Å². The second-order valence-electron chi connectivity index (χ2n) is 4.33. The van der Waals surface area contributed by atoms with Crippen molar-refractivity contribution in [3.63, 3.8) is 0 Å². The van der Waals surface area contributed by atoms with E-state index in [0.29, 0.717) is 5.11 Å². The minimum Gasteiger partial charge on any atom is -0.332 e. The molecule has 0 heterocycles. The van der Waals surface area contributed by atoms with Gasteiger partial charge in [0.1, 0.15) is 0 Å². The maximum atomic E-state index is 5.32. The van der Waals surface area contributed by atoms with Crippen LogP contribution in [-0.2, 0) is 0 Å². The van der Waals surface area contributed by atoms with Gasteiger partial charge >= 0.3 is 0 Å². The molecule has 0 atom stereocenters. The van der Waals surface area contributed by atoms with Crippen LogP contribution in [0.3, 0.4) is 0 Å². The monoisotopic (exact) mass is 334 g/mol. The van der Waals surface area contributed by atoms with E-state index in [9.17, 15) is 0 Å². The van der Waals surface area contributed by atoms with Crippen LogP contribution in [0.1, 0.15) is 11.1 Å². The first-order valence-electron chi connectivity index (χ1n) is 5.96. The molecule has 0 spiro atoms. The van der Waals surface area contributed by atoms with Crippen molar-refractivity contribution < 1.29 is 0 Å². The van der Waals surface area contributed by atoms with Gasteiger partial charge in [0.2, 0.25) is 0 Å². The first-order chi connectivity index (χ1) is 9.06. The second kappa shape index (κ2) is 6.17. The Bertz CT molecular complexity index is 594. The Hall–Kier alpha value is -1.39. The van der Waals surface area contributed by atoms with E-state index in [1.54, 1.807) is 0 Å². The van der Waals surface area contributed by atoms with E-state index in [0.717, 1.165) is 15.8 Å². The molecular weight excluding hydrogens is 320 g/mol. The molecule has 0 saturated carbocycles. The van der Waals surface area contributed by atoms with E-state index in [-0.39, 0.29) is 0 Å². The Morgan fingerprint density at radius 3 is 2.37 bits per heavy atom. The fourth-order valence-electron chi connectivity index (χ4n) is 1.70. The maximum absolute atomic E-state index is 5.32. The lowest BCUT2D eigenvalue weighted by molar-refractivity contribution is 1.34. The molecule has 0 saturated heterocycles. The van der Waals surface area contributed by atoms with Crippen LogP contribution in [0.5, 0.6) is 0 Å². The van der Waals surface area contributed by atoms with Gasteiger partial charge in [-0.1, -0.05) is 28.1 Å². The van der Waals surface area contributed by atoms with Gasteiger partial charge in [-0.15, -0.1) is 0 Å². The summed E-state index contributed by atoms with van der Waals surface area (Å²) in [5, 5.41) is 6.98. The molecule has 2 rings (SSSR count). The van der Waals surface area contributed by atoms with Crippen LogP contribution < -0.4 is 10.6 Å². The third kappa shape index (κ3) is 3.78. The molecule has 0 bridgehead atoms. The lowest BCUT2D eigenvalue weighted by atomic mass is 10.1. The first kappa shape index (κ1) is 14.0. The highest BCUT2D eigenvalue weighted by atomic mass is 79.9. The number of hydrogen-bond donors (Lipinski definition) is 2. The van der Waals surface area contributed by atoms with Gasteiger partial charge in [0, 0.05) is 15.8 Å². The largest absolute Gasteiger partial charge is 0.332 e. The number of aryl methyl sites for hydroxylation is 1. The Morgan fingerprint density at radius 2 is 1.68 bits per heavy atom. The fraction of sp³-hybridized carbons (Fsp3) is 0.133. The van der Waals surface area contributed by atoms with Crippen LogP contribution in [0.4, 0.5) is 11.4 Å². The SMILES string of the molecule is Cc1cccc(NC(=S)Nc2ccc(Br)cc2)c1C. The maximum Gasteiger partial charge on any atom is 0.175 e. The number of rotatable bonds is 2. The van der Waals surface area contributed by atoms with Crippen LogP contribution in [0.25, 0.3) is 0 Å². The molecule has 0 aromatic heterocycles. The van der Waals surface area contributed by atoms with Crippen molar-refractivity contribution in [1.82, 2.24) is 0 Å². The molecule has 98 valence electrons. The number of thiocarbonyl (C=S) groups is 1. The molecule has 0 unspecified atom stereocenters. The highest BCUT2D eigenvalue weighted by molar-refractivity contribution is 9.10. The Kier molecular flexibility index (Phi) is 4.56. The molecule has 2 aromatic carbocycles. The van der Waals surface area contributed by atoms with E-state index in [4.69, 9.17) is 12.2 Å². The summed E-state index contributed by atoms with van der Waals surface area (Å²) in [6, 6.07) is 14.0. The molecule has 0 aliphatic rings. The molecule has 2 N–H and O–H groups in total. The number of anilines is 2. The van der Waals surface area contributed by atoms with Gasteiger partial charge in [0.15, 0.2) is 5.11 Å². The van der Waals surface area contributed by atoms with Crippen LogP contribution in [-0.4, -0.2) is 5.11 Å². The highest BCUT2D eigenvalue weighted by Gasteiger charge is 2.03. The zero-order valence-corrected chi connectivity index (χ0v) is 13.2. The second-order valence-corrected chi connectivity index (χ2v) is 5.66. The summed E-state index contributed by atoms with van der Waals surface area (Å²) in [5.41, 5.74) is 4.46. The topological polar surface area (TPSA) is 24.1 Å². The van der Waals surface area contributed by atoms with Crippen LogP contribution in [0.15, 0.2) is 46.9 Å². The molecule has 0 aliphatic carbocycles. The van der Waals surface area contributed by atoms with Gasteiger partial charge in [-0.05, 0) is 67.5 Å². The lowest BCUT2D eigenvalue weighted by Gasteiger charge is -2.13. The smallest absolute Gasteiger partial charge is 0.175 e. The van der Waals surface area contributed by atoms with Crippen molar-refractivity contribution in [2.45, 2.75) is 13.8 Å². The number of nitrogens with one attached hydrogen (secondary N) is 2. The molecule has 0 amide bonds. The summed E-state index contributed by atoms with van der Waals surface area (Å²) in [6.07, 6.45) is 0. The summed E-state index contributed by atoms with van der Waals surface area (Å²) in [6.45, 7) is 4.17. The van der Waals surface area contributed by atoms with E-state index in [1.807, 2.05) is 36.4 Å². The van der Waals surface area contributed by atoms with Crippen molar-refractivity contribution in [2.75, 3.05) is 10.6 Å². The molecule has 2 nitrogen and oxygen atoms in total. The summed E-state index contributed by atoms with van der Waals surface area (Å²) in [4.78, 5) is 0. The summed E-state index contributed by atoms with van der Waals surface area (Å²) >= 11 is 8.73. The molecule has 0 aliphatic heterocycles. The van der Waals surface area contributed by atoms with Gasteiger partial charge in [-0.3, -0.25) is 0 Å². The van der Waals surface area contributed by atoms with Crippen molar-refractivity contribution in [3.05, 3.63) is 58.1 Å². The minimum absolute atomic E-state index is 0.594. The molecule has 19 heavy (non-hydrogen) atoms. The first-order valence-corrected chi connectivity index (χ1v) is 7.16. The zero-order valence-electron chi connectivity index (χ0n) is 10.8. The predicted octanol–water partition coefficient (Wildman–Crippen LogP) is 4.87. The summed E-state index contributed by atoms with van der Waals surface area (Å²) in [5.74, 6) is 0. The number of benzene rings is 2. The molecule has 0 fully saturated rings. The minimum atomic E-state index is 0.594. The molecule has 4 heteroatoms. The van der Waals surface area contributed by atoms with Crippen LogP contribution >= 0.6 is 28.1 Å². The Morgan fingerprint density at radius 1 is 1.00 bits per heavy atom. The van der Waals surface area contributed by atoms with E-state index >= 15 is 0 Å². The molecular formula is C15H15BrN2S. The quantitative estimate of drug-likeness (QED) is 0.765. The van der Waals surface area contributed by atoms with Gasteiger partial charge in [0.25, 0.3) is 0 Å². The third-order valence-electron chi connectivity index (χ3n) is 2.95. The standard InChI is InChI=1S/C15H15BrN2S/c1-10-4-3-5-14(11(10)2)18-15(19)17-13-8-6-12(16)7-9-13/h3-9H,1-2H3,(H2,17,18,19). The third-order valence-corrected chi connectivity index (χ3v) is 3.69. The molecule has 0 radical (unpaired) electrons. The predicted molar refractivity (Wildman–Crippen MR) is 89.9 cm³/mol. The zero-order chi connectivity index (χ0) is 13.8. The van der Waals surface area contributed by atoms with Crippen LogP contribution in [0, 0.1) is 13.8 Å². The summed E-state index contributed by atoms with van der Waals surface area (Å²) in [7, 11) is 0. The van der Waals surface area contributed by atoms with E-state index < -0.39 is 0 Å². The number of hydrogen-bond acceptors (Lipinski definition) is 1. The van der Waals surface area contributed by atoms with Gasteiger partial charge in [0.05, 0.1) is 0 Å². The summed E-state index contributed by atoms with van der Waals surface area (Å²) < 4.78 is 1.05. The van der Waals surface area contributed by atoms with Crippen LogP contribution in [0.2, 0.25) is 0 Å². The van der Waals surface area contributed by atoms with Gasteiger partial charge < -0.3 is 10.6 Å². The number of halogens is 1. The fourth-order valence-corrected chi connectivity index (χ4v) is 2.20. The highest BCUT2D eigenvalue weighted by Crippen LogP contribution is 2.19. The van der Waals surface area contributed by atoms with Crippen molar-refractivity contribution >= 4 is 44.6 Å². The average Bonchev–Trinajstić information content (AvgIpc) is 2.38. The van der Waals surface area contributed by atoms with Gasteiger partial charge in [-0.25, -0.2) is 0 Å². The van der Waals surface area contributed by atoms with E-state index in [2.05, 4.69) is 46.5 Å². The average molecular weight is 335 g/mol.